The molecule has 1 saturated heterocycles. The molecule has 27 heavy (non-hydrogen) atoms. The SMILES string of the molecule is CC(=O)c1cccc(OC[C@H](O)CN2C(=O)N[C@@](C)(c3ccco3)C2=O)c1. The molecule has 0 unspecified atom stereocenters. The van der Waals surface area contributed by atoms with Gasteiger partial charge in [0.15, 0.2) is 11.3 Å². The van der Waals surface area contributed by atoms with Crippen LogP contribution in [0, 0.1) is 0 Å². The molecule has 1 aliphatic rings. The molecule has 1 aromatic carbocycles. The molecule has 2 atom stereocenters. The highest BCUT2D eigenvalue weighted by Gasteiger charge is 2.51. The molecule has 0 aliphatic carbocycles. The van der Waals surface area contributed by atoms with Crippen LogP contribution in [0.2, 0.25) is 0 Å². The van der Waals surface area contributed by atoms with Crippen LogP contribution in [-0.4, -0.2) is 47.0 Å². The lowest BCUT2D eigenvalue weighted by molar-refractivity contribution is -0.132. The van der Waals surface area contributed by atoms with Crippen molar-refractivity contribution in [3.8, 4) is 5.75 Å². The Morgan fingerprint density at radius 3 is 2.78 bits per heavy atom. The Labute approximate surface area is 155 Å². The summed E-state index contributed by atoms with van der Waals surface area (Å²) in [5.41, 5.74) is -0.818. The summed E-state index contributed by atoms with van der Waals surface area (Å²) in [7, 11) is 0. The minimum absolute atomic E-state index is 0.0995. The number of β-amino-alcohol motifs (C(OH)–C–C–N with tert-alkyl or cyclic N) is 1. The zero-order chi connectivity index (χ0) is 19.6. The first-order chi connectivity index (χ1) is 12.8. The number of nitrogens with zero attached hydrogens (tertiary/aromatic N) is 1. The van der Waals surface area contributed by atoms with Gasteiger partial charge in [-0.2, -0.15) is 0 Å². The fourth-order valence-electron chi connectivity index (χ4n) is 2.85. The van der Waals surface area contributed by atoms with E-state index in [4.69, 9.17) is 9.15 Å². The number of hydrogen-bond acceptors (Lipinski definition) is 6. The summed E-state index contributed by atoms with van der Waals surface area (Å²) >= 11 is 0. The van der Waals surface area contributed by atoms with Crippen molar-refractivity contribution in [2.75, 3.05) is 13.2 Å². The van der Waals surface area contributed by atoms with Crippen LogP contribution in [0.5, 0.6) is 5.75 Å². The van der Waals surface area contributed by atoms with Crippen molar-refractivity contribution in [1.82, 2.24) is 10.2 Å². The number of rotatable bonds is 7. The number of benzene rings is 1. The molecule has 8 heteroatoms. The highest BCUT2D eigenvalue weighted by Crippen LogP contribution is 2.29. The summed E-state index contributed by atoms with van der Waals surface area (Å²) in [6, 6.07) is 9.16. The van der Waals surface area contributed by atoms with Crippen molar-refractivity contribution in [3.05, 3.63) is 54.0 Å². The van der Waals surface area contributed by atoms with E-state index in [9.17, 15) is 19.5 Å². The molecule has 2 heterocycles. The van der Waals surface area contributed by atoms with Crippen LogP contribution >= 0.6 is 0 Å². The maximum Gasteiger partial charge on any atom is 0.325 e. The van der Waals surface area contributed by atoms with E-state index in [0.29, 0.717) is 17.1 Å². The van der Waals surface area contributed by atoms with Gasteiger partial charge in [-0.3, -0.25) is 14.5 Å². The molecule has 1 aliphatic heterocycles. The van der Waals surface area contributed by atoms with Crippen LogP contribution in [0.3, 0.4) is 0 Å². The van der Waals surface area contributed by atoms with E-state index in [2.05, 4.69) is 5.32 Å². The fourth-order valence-corrected chi connectivity index (χ4v) is 2.85. The Bertz CT molecular complexity index is 863. The van der Waals surface area contributed by atoms with Gasteiger partial charge in [0.2, 0.25) is 0 Å². The van der Waals surface area contributed by atoms with Gasteiger partial charge in [-0.05, 0) is 38.1 Å². The van der Waals surface area contributed by atoms with Gasteiger partial charge in [0.1, 0.15) is 24.2 Å². The Morgan fingerprint density at radius 1 is 1.33 bits per heavy atom. The van der Waals surface area contributed by atoms with Gasteiger partial charge >= 0.3 is 6.03 Å². The number of amides is 3. The summed E-state index contributed by atoms with van der Waals surface area (Å²) in [6.45, 7) is 2.62. The van der Waals surface area contributed by atoms with E-state index in [0.717, 1.165) is 4.90 Å². The highest BCUT2D eigenvalue weighted by atomic mass is 16.5. The lowest BCUT2D eigenvalue weighted by Gasteiger charge is -2.21. The summed E-state index contributed by atoms with van der Waals surface area (Å²) in [5.74, 6) is 0.118. The number of aliphatic hydroxyl groups excluding tert-OH is 1. The average molecular weight is 372 g/mol. The number of carbonyl (C=O) groups excluding carboxylic acids is 3. The number of ketones is 1. The molecule has 0 spiro atoms. The van der Waals surface area contributed by atoms with E-state index < -0.39 is 23.6 Å². The number of carbonyl (C=O) groups is 3. The number of urea groups is 1. The summed E-state index contributed by atoms with van der Waals surface area (Å²) in [6.07, 6.45) is 0.320. The topological polar surface area (TPSA) is 109 Å². The van der Waals surface area contributed by atoms with E-state index in [1.165, 1.54) is 13.2 Å². The molecule has 1 aromatic heterocycles. The second-order valence-electron chi connectivity index (χ2n) is 6.50. The largest absolute Gasteiger partial charge is 0.491 e. The van der Waals surface area contributed by atoms with Gasteiger partial charge in [0.05, 0.1) is 12.8 Å². The molecule has 3 rings (SSSR count). The van der Waals surface area contributed by atoms with Gasteiger partial charge in [0.25, 0.3) is 5.91 Å². The predicted molar refractivity (Wildman–Crippen MR) is 94.3 cm³/mol. The first-order valence-corrected chi connectivity index (χ1v) is 8.41. The third kappa shape index (κ3) is 3.70. The Hall–Kier alpha value is -3.13. The number of Topliss-reactive ketones (excluding diaryl/α,β-unsaturated/α-hetero) is 1. The molecule has 0 bridgehead atoms. The Morgan fingerprint density at radius 2 is 2.11 bits per heavy atom. The van der Waals surface area contributed by atoms with Gasteiger partial charge in [-0.1, -0.05) is 12.1 Å². The number of nitrogens with one attached hydrogen (secondary N) is 1. The summed E-state index contributed by atoms with van der Waals surface area (Å²) in [4.78, 5) is 37.2. The van der Waals surface area contributed by atoms with Crippen molar-refractivity contribution in [2.24, 2.45) is 0 Å². The maximum absolute atomic E-state index is 12.7. The quantitative estimate of drug-likeness (QED) is 0.565. The van der Waals surface area contributed by atoms with Crippen LogP contribution in [0.15, 0.2) is 47.1 Å². The normalized spacial score (nSPS) is 20.5. The van der Waals surface area contributed by atoms with Crippen LogP contribution < -0.4 is 10.1 Å². The van der Waals surface area contributed by atoms with Gasteiger partial charge < -0.3 is 19.6 Å². The Balaban J connectivity index is 1.62. The minimum atomic E-state index is -1.31. The molecule has 2 aromatic rings. The van der Waals surface area contributed by atoms with Crippen LogP contribution in [0.25, 0.3) is 0 Å². The summed E-state index contributed by atoms with van der Waals surface area (Å²) in [5, 5.41) is 12.8. The zero-order valence-corrected chi connectivity index (χ0v) is 15.0. The van der Waals surface area contributed by atoms with E-state index in [-0.39, 0.29) is 18.9 Å². The molecule has 2 N–H and O–H groups in total. The molecule has 8 nitrogen and oxygen atoms in total. The van der Waals surface area contributed by atoms with E-state index in [1.807, 2.05) is 0 Å². The smallest absolute Gasteiger partial charge is 0.325 e. The zero-order valence-electron chi connectivity index (χ0n) is 15.0. The molecule has 0 saturated carbocycles. The predicted octanol–water partition coefficient (Wildman–Crippen LogP) is 1.69. The standard InChI is InChI=1S/C19H20N2O6/c1-12(22)13-5-3-6-15(9-13)27-11-14(23)10-21-17(24)19(2,20-18(21)25)16-7-4-8-26-16/h3-9,14,23H,10-11H2,1-2H3,(H,20,25)/t14-,19+/m1/s1. The third-order valence-electron chi connectivity index (χ3n) is 4.37. The fraction of sp³-hybridized carbons (Fsp3) is 0.316. The average Bonchev–Trinajstić information content (AvgIpc) is 3.25. The molecule has 1 fully saturated rings. The van der Waals surface area contributed by atoms with Crippen molar-refractivity contribution < 1.29 is 28.6 Å². The Kier molecular flexibility index (Phi) is 5.00. The molecular formula is C19H20N2O6. The lowest BCUT2D eigenvalue weighted by atomic mass is 9.99. The van der Waals surface area contributed by atoms with Gasteiger partial charge in [0, 0.05) is 5.56 Å². The van der Waals surface area contributed by atoms with E-state index >= 15 is 0 Å². The monoisotopic (exact) mass is 372 g/mol. The second kappa shape index (κ2) is 7.24. The van der Waals surface area contributed by atoms with Gasteiger partial charge in [-0.25, -0.2) is 4.79 Å². The van der Waals surface area contributed by atoms with Crippen LogP contribution in [-0.2, 0) is 10.3 Å². The number of imide groups is 1. The second-order valence-corrected chi connectivity index (χ2v) is 6.50. The molecule has 142 valence electrons. The van der Waals surface area contributed by atoms with Crippen molar-refractivity contribution in [2.45, 2.75) is 25.5 Å². The van der Waals surface area contributed by atoms with Crippen LogP contribution in [0.4, 0.5) is 4.79 Å². The highest BCUT2D eigenvalue weighted by molar-refractivity contribution is 6.06. The van der Waals surface area contributed by atoms with Gasteiger partial charge in [-0.15, -0.1) is 0 Å². The number of hydrogen-bond donors (Lipinski definition) is 2. The van der Waals surface area contributed by atoms with Crippen LogP contribution in [0.1, 0.15) is 30.0 Å². The minimum Gasteiger partial charge on any atom is -0.491 e. The lowest BCUT2D eigenvalue weighted by Crippen LogP contribution is -2.42. The van der Waals surface area contributed by atoms with Crippen molar-refractivity contribution >= 4 is 17.7 Å². The molecular weight excluding hydrogens is 352 g/mol. The number of ether oxygens (including phenoxy) is 1. The summed E-state index contributed by atoms with van der Waals surface area (Å²) < 4.78 is 10.7. The molecule has 3 amide bonds. The first-order valence-electron chi connectivity index (χ1n) is 8.41. The number of aliphatic hydroxyl groups is 1. The maximum atomic E-state index is 12.7. The van der Waals surface area contributed by atoms with E-state index in [1.54, 1.807) is 43.3 Å². The third-order valence-corrected chi connectivity index (χ3v) is 4.37. The van der Waals surface area contributed by atoms with Crippen molar-refractivity contribution in [1.29, 1.82) is 0 Å². The molecule has 0 radical (unpaired) electrons. The first kappa shape index (κ1) is 18.7. The van der Waals surface area contributed by atoms with Crippen molar-refractivity contribution in [3.63, 3.8) is 0 Å². The number of furan rings is 1.